The van der Waals surface area contributed by atoms with Gasteiger partial charge in [-0.15, -0.1) is 0 Å². The van der Waals surface area contributed by atoms with Crippen molar-refractivity contribution in [1.29, 1.82) is 0 Å². The first-order valence-corrected chi connectivity index (χ1v) is 9.05. The Morgan fingerprint density at radius 1 is 1.40 bits per heavy atom. The summed E-state index contributed by atoms with van der Waals surface area (Å²) in [4.78, 5) is 6.69. The molecule has 0 aromatic rings. The second kappa shape index (κ2) is 6.16. The summed E-state index contributed by atoms with van der Waals surface area (Å²) < 4.78 is 22.9. The van der Waals surface area contributed by atoms with E-state index in [1.807, 2.05) is 14.0 Å². The predicted octanol–water partition coefficient (Wildman–Crippen LogP) is 1.04. The van der Waals surface area contributed by atoms with Crippen LogP contribution in [0.3, 0.4) is 0 Å². The van der Waals surface area contributed by atoms with E-state index < -0.39 is 9.84 Å². The molecule has 1 unspecified atom stereocenters. The van der Waals surface area contributed by atoms with Gasteiger partial charge in [0.2, 0.25) is 0 Å². The van der Waals surface area contributed by atoms with Gasteiger partial charge in [-0.2, -0.15) is 0 Å². The smallest absolute Gasteiger partial charge is 0.194 e. The molecule has 1 saturated heterocycles. The Morgan fingerprint density at radius 3 is 2.60 bits per heavy atom. The molecule has 20 heavy (non-hydrogen) atoms. The molecule has 1 heterocycles. The topological polar surface area (TPSA) is 61.8 Å². The number of hydrogen-bond donors (Lipinski definition) is 1. The molecule has 1 saturated carbocycles. The molecule has 2 fully saturated rings. The highest BCUT2D eigenvalue weighted by Gasteiger charge is 2.28. The lowest BCUT2D eigenvalue weighted by atomic mass is 10.1. The Hall–Kier alpha value is -1.04. The Kier molecular flexibility index (Phi) is 4.73. The van der Waals surface area contributed by atoms with Crippen LogP contribution in [0.1, 0.15) is 26.2 Å². The van der Waals surface area contributed by atoms with Crippen molar-refractivity contribution in [1.82, 2.24) is 10.2 Å². The Morgan fingerprint density at radius 2 is 2.10 bits per heavy atom. The third-order valence-corrected chi connectivity index (χ3v) is 5.44. The fourth-order valence-electron chi connectivity index (χ4n) is 2.40. The van der Waals surface area contributed by atoms with Crippen LogP contribution in [-0.4, -0.2) is 57.0 Å². The van der Waals surface area contributed by atoms with Gasteiger partial charge in [0.15, 0.2) is 15.8 Å². The van der Waals surface area contributed by atoms with Crippen LogP contribution in [0, 0.1) is 5.92 Å². The van der Waals surface area contributed by atoms with E-state index in [9.17, 15) is 8.42 Å². The summed E-state index contributed by atoms with van der Waals surface area (Å²) in [6.45, 7) is 7.28. The molecule has 5 nitrogen and oxygen atoms in total. The number of nitrogens with one attached hydrogen (secondary N) is 1. The molecular formula is C14H25N3O2S. The second-order valence-corrected chi connectivity index (χ2v) is 8.39. The summed E-state index contributed by atoms with van der Waals surface area (Å²) >= 11 is 0. The van der Waals surface area contributed by atoms with Gasteiger partial charge < -0.3 is 10.2 Å². The number of rotatable bonds is 5. The number of sulfone groups is 1. The molecule has 114 valence electrons. The molecule has 0 aromatic carbocycles. The first-order valence-electron chi connectivity index (χ1n) is 7.22. The highest BCUT2D eigenvalue weighted by Crippen LogP contribution is 2.20. The molecule has 6 heteroatoms. The van der Waals surface area contributed by atoms with Crippen LogP contribution in [0.2, 0.25) is 0 Å². The van der Waals surface area contributed by atoms with Crippen LogP contribution in [0.4, 0.5) is 0 Å². The van der Waals surface area contributed by atoms with Gasteiger partial charge in [0.25, 0.3) is 0 Å². The standard InChI is InChI=1S/C14H25N3O2S/c1-11(2)9-17(3)14(16-13-4-5-13)15-8-12-6-7-20(18,19)10-12/h12-13H,1,4-10H2,2-3H3,(H,15,16). The minimum absolute atomic E-state index is 0.175. The van der Waals surface area contributed by atoms with Crippen molar-refractivity contribution in [2.24, 2.45) is 10.9 Å². The summed E-state index contributed by atoms with van der Waals surface area (Å²) in [5.74, 6) is 1.66. The maximum absolute atomic E-state index is 11.5. The van der Waals surface area contributed by atoms with Crippen molar-refractivity contribution >= 4 is 15.8 Å². The average Bonchev–Trinajstić information content (AvgIpc) is 3.07. The lowest BCUT2D eigenvalue weighted by Gasteiger charge is -2.23. The zero-order valence-corrected chi connectivity index (χ0v) is 13.2. The lowest BCUT2D eigenvalue weighted by Crippen LogP contribution is -2.41. The van der Waals surface area contributed by atoms with Crippen molar-refractivity contribution in [2.45, 2.75) is 32.2 Å². The van der Waals surface area contributed by atoms with Gasteiger partial charge in [0.1, 0.15) is 0 Å². The second-order valence-electron chi connectivity index (χ2n) is 6.17. The molecule has 2 rings (SSSR count). The monoisotopic (exact) mass is 299 g/mol. The maximum Gasteiger partial charge on any atom is 0.194 e. The molecule has 0 aromatic heterocycles. The maximum atomic E-state index is 11.5. The van der Waals surface area contributed by atoms with E-state index in [1.165, 1.54) is 12.8 Å². The summed E-state index contributed by atoms with van der Waals surface area (Å²) in [5, 5.41) is 3.43. The molecule has 1 aliphatic carbocycles. The van der Waals surface area contributed by atoms with Crippen LogP contribution in [0.25, 0.3) is 0 Å². The van der Waals surface area contributed by atoms with Gasteiger partial charge in [0, 0.05) is 26.2 Å². The fourth-order valence-corrected chi connectivity index (χ4v) is 4.25. The first-order chi connectivity index (χ1) is 9.35. The van der Waals surface area contributed by atoms with Gasteiger partial charge in [-0.3, -0.25) is 4.99 Å². The predicted molar refractivity (Wildman–Crippen MR) is 82.7 cm³/mol. The van der Waals surface area contributed by atoms with E-state index in [0.29, 0.717) is 18.3 Å². The lowest BCUT2D eigenvalue weighted by molar-refractivity contribution is 0.509. The van der Waals surface area contributed by atoms with Crippen LogP contribution in [0.5, 0.6) is 0 Å². The van der Waals surface area contributed by atoms with Crippen LogP contribution >= 0.6 is 0 Å². The quantitative estimate of drug-likeness (QED) is 0.468. The minimum Gasteiger partial charge on any atom is -0.354 e. The number of nitrogens with zero attached hydrogens (tertiary/aromatic N) is 2. The normalized spacial score (nSPS) is 25.5. The van der Waals surface area contributed by atoms with Crippen LogP contribution in [0.15, 0.2) is 17.1 Å². The Balaban J connectivity index is 1.94. The van der Waals surface area contributed by atoms with Crippen LogP contribution < -0.4 is 5.32 Å². The van der Waals surface area contributed by atoms with E-state index >= 15 is 0 Å². The van der Waals surface area contributed by atoms with Gasteiger partial charge >= 0.3 is 0 Å². The fraction of sp³-hybridized carbons (Fsp3) is 0.786. The van der Waals surface area contributed by atoms with Crippen molar-refractivity contribution in [3.63, 3.8) is 0 Å². The van der Waals surface area contributed by atoms with Crippen molar-refractivity contribution < 1.29 is 8.42 Å². The molecule has 0 bridgehead atoms. The molecule has 1 aliphatic heterocycles. The van der Waals surface area contributed by atoms with Crippen LogP contribution in [-0.2, 0) is 9.84 Å². The highest BCUT2D eigenvalue weighted by atomic mass is 32.2. The molecular weight excluding hydrogens is 274 g/mol. The van der Waals surface area contributed by atoms with E-state index in [0.717, 1.165) is 24.5 Å². The third-order valence-electron chi connectivity index (χ3n) is 3.61. The average molecular weight is 299 g/mol. The van der Waals surface area contributed by atoms with Crippen molar-refractivity contribution in [3.05, 3.63) is 12.2 Å². The minimum atomic E-state index is -2.81. The summed E-state index contributed by atoms with van der Waals surface area (Å²) in [6, 6.07) is 0.536. The van der Waals surface area contributed by atoms with E-state index in [-0.39, 0.29) is 11.7 Å². The molecule has 2 aliphatic rings. The summed E-state index contributed by atoms with van der Waals surface area (Å²) in [5.41, 5.74) is 1.08. The third kappa shape index (κ3) is 4.81. The van der Waals surface area contributed by atoms with Crippen molar-refractivity contribution in [3.8, 4) is 0 Å². The zero-order valence-electron chi connectivity index (χ0n) is 12.4. The molecule has 1 atom stereocenters. The van der Waals surface area contributed by atoms with E-state index in [2.05, 4.69) is 21.8 Å². The molecule has 0 amide bonds. The summed E-state index contributed by atoms with van der Waals surface area (Å²) in [7, 11) is -0.816. The zero-order chi connectivity index (χ0) is 14.8. The SMILES string of the molecule is C=C(C)CN(C)C(=NCC1CCS(=O)(=O)C1)NC1CC1. The van der Waals surface area contributed by atoms with Gasteiger partial charge in [-0.05, 0) is 32.1 Å². The highest BCUT2D eigenvalue weighted by molar-refractivity contribution is 7.91. The Bertz CT molecular complexity index is 495. The van der Waals surface area contributed by atoms with Crippen molar-refractivity contribution in [2.75, 3.05) is 31.6 Å². The van der Waals surface area contributed by atoms with E-state index in [4.69, 9.17) is 0 Å². The van der Waals surface area contributed by atoms with Gasteiger partial charge in [-0.25, -0.2) is 8.42 Å². The largest absolute Gasteiger partial charge is 0.354 e. The molecule has 1 N–H and O–H groups in total. The van der Waals surface area contributed by atoms with Gasteiger partial charge in [0.05, 0.1) is 11.5 Å². The Labute approximate surface area is 122 Å². The molecule has 0 spiro atoms. The van der Waals surface area contributed by atoms with Gasteiger partial charge in [-0.1, -0.05) is 12.2 Å². The number of likely N-dealkylation sites (N-methyl/N-ethyl adjacent to an activating group) is 1. The number of aliphatic imine (C=N–C) groups is 1. The number of hydrogen-bond acceptors (Lipinski definition) is 3. The van der Waals surface area contributed by atoms with E-state index in [1.54, 1.807) is 0 Å². The number of guanidine groups is 1. The first kappa shape index (κ1) is 15.4. The summed E-state index contributed by atoms with van der Waals surface area (Å²) in [6.07, 6.45) is 3.13. The molecule has 0 radical (unpaired) electrons.